The van der Waals surface area contributed by atoms with E-state index < -0.39 is 35.2 Å². The Morgan fingerprint density at radius 1 is 1.37 bits per heavy atom. The first-order chi connectivity index (χ1) is 8.64. The molecule has 0 fully saturated rings. The molecule has 0 bridgehead atoms. The van der Waals surface area contributed by atoms with Gasteiger partial charge in [0.15, 0.2) is 0 Å². The molecule has 2 amide bonds. The van der Waals surface area contributed by atoms with Crippen LogP contribution in [0.2, 0.25) is 0 Å². The molecular formula is C11H10BrF3N2O2. The van der Waals surface area contributed by atoms with Crippen molar-refractivity contribution in [2.45, 2.75) is 19.1 Å². The summed E-state index contributed by atoms with van der Waals surface area (Å²) in [6.45, 7) is 1.28. The number of nitrogens with two attached hydrogens (primary N) is 1. The summed E-state index contributed by atoms with van der Waals surface area (Å²) in [5.74, 6) is -1.86. The molecule has 0 aliphatic heterocycles. The lowest BCUT2D eigenvalue weighted by atomic mass is 10.1. The van der Waals surface area contributed by atoms with Crippen LogP contribution < -0.4 is 11.1 Å². The zero-order chi connectivity index (χ0) is 14.8. The Hall–Kier alpha value is -1.57. The molecule has 0 spiro atoms. The molecule has 1 atom stereocenters. The minimum absolute atomic E-state index is 0.0171. The standard InChI is InChI=1S/C11H10BrF3N2O2/c1-5(9(16)18)17-10(19)8-6(11(13,14)15)3-2-4-7(8)12/h2-5H,1H3,(H2,16,18)(H,17,19). The van der Waals surface area contributed by atoms with Gasteiger partial charge in [-0.05, 0) is 35.0 Å². The van der Waals surface area contributed by atoms with Gasteiger partial charge in [-0.15, -0.1) is 0 Å². The maximum atomic E-state index is 12.8. The number of rotatable bonds is 3. The summed E-state index contributed by atoms with van der Waals surface area (Å²) in [6.07, 6.45) is -4.67. The van der Waals surface area contributed by atoms with Crippen LogP contribution in [0.5, 0.6) is 0 Å². The monoisotopic (exact) mass is 338 g/mol. The van der Waals surface area contributed by atoms with Gasteiger partial charge in [-0.1, -0.05) is 6.07 Å². The summed E-state index contributed by atoms with van der Waals surface area (Å²) in [6, 6.07) is 2.19. The largest absolute Gasteiger partial charge is 0.417 e. The highest BCUT2D eigenvalue weighted by atomic mass is 79.9. The van der Waals surface area contributed by atoms with E-state index >= 15 is 0 Å². The van der Waals surface area contributed by atoms with Gasteiger partial charge in [0.1, 0.15) is 6.04 Å². The molecule has 1 unspecified atom stereocenters. The highest BCUT2D eigenvalue weighted by Crippen LogP contribution is 2.35. The third-order valence-electron chi connectivity index (χ3n) is 2.32. The molecule has 104 valence electrons. The van der Waals surface area contributed by atoms with Crippen LogP contribution in [0, 0.1) is 0 Å². The smallest absolute Gasteiger partial charge is 0.368 e. The average molecular weight is 339 g/mol. The van der Waals surface area contributed by atoms with Crippen LogP contribution in [-0.4, -0.2) is 17.9 Å². The second kappa shape index (κ2) is 5.60. The number of carbonyl (C=O) groups excluding carboxylic acids is 2. The highest BCUT2D eigenvalue weighted by Gasteiger charge is 2.36. The number of benzene rings is 1. The zero-order valence-corrected chi connectivity index (χ0v) is 11.3. The summed E-state index contributed by atoms with van der Waals surface area (Å²) in [4.78, 5) is 22.6. The first-order valence-electron chi connectivity index (χ1n) is 5.10. The maximum Gasteiger partial charge on any atom is 0.417 e. The molecule has 0 aliphatic rings. The number of amides is 2. The van der Waals surface area contributed by atoms with Crippen molar-refractivity contribution in [1.29, 1.82) is 0 Å². The van der Waals surface area contributed by atoms with Crippen molar-refractivity contribution in [2.24, 2.45) is 5.73 Å². The van der Waals surface area contributed by atoms with Gasteiger partial charge in [0, 0.05) is 4.47 Å². The highest BCUT2D eigenvalue weighted by molar-refractivity contribution is 9.10. The predicted molar refractivity (Wildman–Crippen MR) is 65.3 cm³/mol. The molecule has 0 radical (unpaired) electrons. The Morgan fingerprint density at radius 2 is 1.95 bits per heavy atom. The third kappa shape index (κ3) is 3.69. The molecule has 4 nitrogen and oxygen atoms in total. The Labute approximate surface area is 115 Å². The normalized spacial score (nSPS) is 12.9. The van der Waals surface area contributed by atoms with Crippen LogP contribution in [-0.2, 0) is 11.0 Å². The Kier molecular flexibility index (Phi) is 4.56. The predicted octanol–water partition coefficient (Wildman–Crippen LogP) is 2.07. The van der Waals surface area contributed by atoms with E-state index in [0.717, 1.165) is 6.07 Å². The van der Waals surface area contributed by atoms with Crippen LogP contribution >= 0.6 is 15.9 Å². The molecule has 0 aliphatic carbocycles. The maximum absolute atomic E-state index is 12.8. The van der Waals surface area contributed by atoms with E-state index in [0.29, 0.717) is 0 Å². The molecule has 0 heterocycles. The van der Waals surface area contributed by atoms with E-state index in [-0.39, 0.29) is 4.47 Å². The van der Waals surface area contributed by atoms with Gasteiger partial charge >= 0.3 is 6.18 Å². The van der Waals surface area contributed by atoms with Gasteiger partial charge in [0.25, 0.3) is 5.91 Å². The van der Waals surface area contributed by atoms with Crippen LogP contribution in [0.25, 0.3) is 0 Å². The third-order valence-corrected chi connectivity index (χ3v) is 2.98. The number of hydrogen-bond acceptors (Lipinski definition) is 2. The van der Waals surface area contributed by atoms with Crippen LogP contribution in [0.3, 0.4) is 0 Å². The van der Waals surface area contributed by atoms with Crippen molar-refractivity contribution >= 4 is 27.7 Å². The summed E-state index contributed by atoms with van der Waals surface area (Å²) < 4.78 is 38.4. The molecule has 0 saturated heterocycles. The fourth-order valence-corrected chi connectivity index (χ4v) is 1.88. The van der Waals surface area contributed by atoms with Crippen LogP contribution in [0.1, 0.15) is 22.8 Å². The molecule has 19 heavy (non-hydrogen) atoms. The minimum atomic E-state index is -4.67. The molecular weight excluding hydrogens is 329 g/mol. The lowest BCUT2D eigenvalue weighted by molar-refractivity contribution is -0.138. The Morgan fingerprint density at radius 3 is 2.42 bits per heavy atom. The molecule has 1 aromatic carbocycles. The zero-order valence-electron chi connectivity index (χ0n) is 9.72. The molecule has 0 aromatic heterocycles. The number of carbonyl (C=O) groups is 2. The fourth-order valence-electron chi connectivity index (χ4n) is 1.33. The van der Waals surface area contributed by atoms with Gasteiger partial charge in [0.2, 0.25) is 5.91 Å². The number of hydrogen-bond donors (Lipinski definition) is 2. The number of nitrogens with one attached hydrogen (secondary N) is 1. The van der Waals surface area contributed by atoms with Crippen molar-refractivity contribution < 1.29 is 22.8 Å². The molecule has 8 heteroatoms. The van der Waals surface area contributed by atoms with Crippen molar-refractivity contribution in [2.75, 3.05) is 0 Å². The van der Waals surface area contributed by atoms with Gasteiger partial charge in [-0.3, -0.25) is 9.59 Å². The summed E-state index contributed by atoms with van der Waals surface area (Å²) in [5, 5.41) is 2.11. The van der Waals surface area contributed by atoms with Crippen molar-refractivity contribution in [3.8, 4) is 0 Å². The van der Waals surface area contributed by atoms with Gasteiger partial charge in [0.05, 0.1) is 11.1 Å². The first kappa shape index (κ1) is 15.5. The summed E-state index contributed by atoms with van der Waals surface area (Å²) in [5.41, 5.74) is 3.27. The Bertz CT molecular complexity index is 517. The lowest BCUT2D eigenvalue weighted by Gasteiger charge is -2.16. The van der Waals surface area contributed by atoms with Gasteiger partial charge < -0.3 is 11.1 Å². The van der Waals surface area contributed by atoms with E-state index in [9.17, 15) is 22.8 Å². The van der Waals surface area contributed by atoms with E-state index in [2.05, 4.69) is 21.2 Å². The van der Waals surface area contributed by atoms with Crippen molar-refractivity contribution in [3.05, 3.63) is 33.8 Å². The fraction of sp³-hybridized carbons (Fsp3) is 0.273. The SMILES string of the molecule is CC(NC(=O)c1c(Br)cccc1C(F)(F)F)C(N)=O. The number of alkyl halides is 3. The van der Waals surface area contributed by atoms with Crippen molar-refractivity contribution in [1.82, 2.24) is 5.32 Å². The molecule has 1 rings (SSSR count). The van der Waals surface area contributed by atoms with Crippen LogP contribution in [0.15, 0.2) is 22.7 Å². The van der Waals surface area contributed by atoms with E-state index in [1.807, 2.05) is 0 Å². The van der Waals surface area contributed by atoms with E-state index in [4.69, 9.17) is 5.73 Å². The molecule has 3 N–H and O–H groups in total. The van der Waals surface area contributed by atoms with E-state index in [1.54, 1.807) is 0 Å². The summed E-state index contributed by atoms with van der Waals surface area (Å²) >= 11 is 2.89. The number of halogens is 4. The van der Waals surface area contributed by atoms with Crippen molar-refractivity contribution in [3.63, 3.8) is 0 Å². The molecule has 0 saturated carbocycles. The van der Waals surface area contributed by atoms with Gasteiger partial charge in [-0.2, -0.15) is 13.2 Å². The molecule has 1 aromatic rings. The summed E-state index contributed by atoms with van der Waals surface area (Å²) in [7, 11) is 0. The second-order valence-electron chi connectivity index (χ2n) is 3.76. The topological polar surface area (TPSA) is 72.2 Å². The lowest BCUT2D eigenvalue weighted by Crippen LogP contribution is -2.42. The van der Waals surface area contributed by atoms with Gasteiger partial charge in [-0.25, -0.2) is 0 Å². The van der Waals surface area contributed by atoms with Crippen LogP contribution in [0.4, 0.5) is 13.2 Å². The quantitative estimate of drug-likeness (QED) is 0.885. The number of primary amides is 1. The van der Waals surface area contributed by atoms with E-state index in [1.165, 1.54) is 19.1 Å². The average Bonchev–Trinajstić information content (AvgIpc) is 2.26. The second-order valence-corrected chi connectivity index (χ2v) is 4.61. The minimum Gasteiger partial charge on any atom is -0.368 e. The first-order valence-corrected chi connectivity index (χ1v) is 5.89. The Balaban J connectivity index is 3.19.